The Morgan fingerprint density at radius 3 is 2.47 bits per heavy atom. The van der Waals surface area contributed by atoms with Crippen LogP contribution in [0.2, 0.25) is 0 Å². The molecule has 0 aliphatic rings. The Labute approximate surface area is 193 Å². The predicted octanol–water partition coefficient (Wildman–Crippen LogP) is 3.66. The molecule has 1 aromatic heterocycles. The van der Waals surface area contributed by atoms with Crippen LogP contribution in [0, 0.1) is 5.41 Å². The first-order valence-electron chi connectivity index (χ1n) is 9.90. The minimum atomic E-state index is -0.291. The van der Waals surface area contributed by atoms with Gasteiger partial charge in [0, 0.05) is 23.9 Å². The number of aromatic nitrogens is 2. The number of hydrogen-bond acceptors (Lipinski definition) is 7. The lowest BCUT2D eigenvalue weighted by Gasteiger charge is -2.18. The summed E-state index contributed by atoms with van der Waals surface area (Å²) in [6.07, 6.45) is 0.756. The van der Waals surface area contributed by atoms with Gasteiger partial charge in [0.25, 0.3) is 0 Å². The Hall–Kier alpha value is -3.03. The molecule has 168 valence electrons. The molecular weight excluding hydrogens is 445 g/mol. The van der Waals surface area contributed by atoms with Crippen molar-refractivity contribution in [2.24, 2.45) is 0 Å². The summed E-state index contributed by atoms with van der Waals surface area (Å²) < 4.78 is 12.0. The van der Waals surface area contributed by atoms with Crippen LogP contribution in [0.3, 0.4) is 0 Å². The van der Waals surface area contributed by atoms with Gasteiger partial charge in [-0.05, 0) is 41.9 Å². The van der Waals surface area contributed by atoms with Crippen LogP contribution in [0.1, 0.15) is 23.6 Å². The van der Waals surface area contributed by atoms with Gasteiger partial charge in [-0.15, -0.1) is 21.5 Å². The number of nitrogens with one attached hydrogen (secondary N) is 3. The molecular formula is C22H26N5O3PS. The average Bonchev–Trinajstić information content (AvgIpc) is 3.31. The molecule has 0 fully saturated rings. The fourth-order valence-corrected chi connectivity index (χ4v) is 5.40. The van der Waals surface area contributed by atoms with Crippen molar-refractivity contribution in [3.63, 3.8) is 0 Å². The fraction of sp³-hybridized carbons (Fsp3) is 0.273. The lowest BCUT2D eigenvalue weighted by Crippen LogP contribution is -2.24. The molecule has 0 aliphatic heterocycles. The van der Waals surface area contributed by atoms with Crippen molar-refractivity contribution in [2.75, 3.05) is 26.6 Å². The van der Waals surface area contributed by atoms with Gasteiger partial charge in [0.05, 0.1) is 19.9 Å². The van der Waals surface area contributed by atoms with Crippen molar-refractivity contribution >= 4 is 42.1 Å². The van der Waals surface area contributed by atoms with Gasteiger partial charge in [0.15, 0.2) is 11.5 Å². The maximum Gasteiger partial charge on any atom is 0.318 e. The van der Waals surface area contributed by atoms with Crippen LogP contribution in [0.15, 0.2) is 41.9 Å². The molecule has 8 nitrogen and oxygen atoms in total. The molecule has 2 amide bonds. The number of anilines is 1. The minimum Gasteiger partial charge on any atom is -0.493 e. The second-order valence-electron chi connectivity index (χ2n) is 7.01. The summed E-state index contributed by atoms with van der Waals surface area (Å²) in [5.74, 6) is 1.21. The van der Waals surface area contributed by atoms with E-state index in [1.807, 2.05) is 24.3 Å². The first-order valence-corrected chi connectivity index (χ1v) is 11.9. The van der Waals surface area contributed by atoms with Gasteiger partial charge in [-0.3, -0.25) is 5.41 Å². The normalized spacial score (nSPS) is 11.9. The van der Waals surface area contributed by atoms with Crippen molar-refractivity contribution in [1.82, 2.24) is 15.5 Å². The standard InChI is InChI=1S/C22H26N5O3PS/c1-13(31-22-27-25-12-32-22)9-15-10-18(29-3)19(30-4)11-17(15)20(23)14-5-7-16(8-6-14)26-21(28)24-2/h5-8,10-13,23,31H,9H2,1-4H3,(H2,24,26,28). The quantitative estimate of drug-likeness (QED) is 0.326. The van der Waals surface area contributed by atoms with E-state index < -0.39 is 0 Å². The summed E-state index contributed by atoms with van der Waals surface area (Å²) in [5.41, 5.74) is 5.62. The highest BCUT2D eigenvalue weighted by Crippen LogP contribution is 2.34. The highest BCUT2D eigenvalue weighted by Gasteiger charge is 2.18. The molecule has 0 spiro atoms. The zero-order chi connectivity index (χ0) is 23.1. The SMILES string of the molecule is CNC(=O)Nc1ccc(C(=N)c2cc(OC)c(OC)cc2CC(C)Pc2nncs2)cc1. The highest BCUT2D eigenvalue weighted by atomic mass is 32.1. The van der Waals surface area contributed by atoms with Crippen LogP contribution in [0.5, 0.6) is 11.5 Å². The van der Waals surface area contributed by atoms with E-state index in [9.17, 15) is 4.79 Å². The van der Waals surface area contributed by atoms with Gasteiger partial charge in [-0.25, -0.2) is 4.79 Å². The Balaban J connectivity index is 1.90. The zero-order valence-electron chi connectivity index (χ0n) is 18.4. The predicted molar refractivity (Wildman–Crippen MR) is 131 cm³/mol. The summed E-state index contributed by atoms with van der Waals surface area (Å²) in [6.45, 7) is 2.17. The van der Waals surface area contributed by atoms with Gasteiger partial charge in [-0.2, -0.15) is 0 Å². The monoisotopic (exact) mass is 471 g/mol. The second-order valence-corrected chi connectivity index (χ2v) is 9.96. The van der Waals surface area contributed by atoms with E-state index in [-0.39, 0.29) is 6.03 Å². The zero-order valence-corrected chi connectivity index (χ0v) is 20.2. The van der Waals surface area contributed by atoms with E-state index in [4.69, 9.17) is 14.9 Å². The largest absolute Gasteiger partial charge is 0.493 e. The molecule has 0 aliphatic carbocycles. The van der Waals surface area contributed by atoms with Crippen molar-refractivity contribution in [2.45, 2.75) is 19.0 Å². The fourth-order valence-electron chi connectivity index (χ4n) is 3.22. The van der Waals surface area contributed by atoms with Gasteiger partial charge < -0.3 is 20.1 Å². The average molecular weight is 472 g/mol. The Morgan fingerprint density at radius 2 is 1.88 bits per heavy atom. The molecule has 1 heterocycles. The van der Waals surface area contributed by atoms with Gasteiger partial charge >= 0.3 is 6.03 Å². The van der Waals surface area contributed by atoms with E-state index in [1.165, 1.54) is 0 Å². The maximum absolute atomic E-state index is 11.5. The summed E-state index contributed by atoms with van der Waals surface area (Å²) in [4.78, 5) is 11.5. The Kier molecular flexibility index (Phi) is 8.14. The molecule has 0 saturated heterocycles. The van der Waals surface area contributed by atoms with Gasteiger partial charge in [0.2, 0.25) is 0 Å². The maximum atomic E-state index is 11.5. The van der Waals surface area contributed by atoms with E-state index >= 15 is 0 Å². The first kappa shape index (κ1) is 23.6. The van der Waals surface area contributed by atoms with E-state index in [2.05, 4.69) is 27.8 Å². The smallest absolute Gasteiger partial charge is 0.318 e. The van der Waals surface area contributed by atoms with Crippen molar-refractivity contribution in [1.29, 1.82) is 5.41 Å². The number of hydrogen-bond donors (Lipinski definition) is 3. The van der Waals surface area contributed by atoms with Crippen LogP contribution < -0.4 is 24.9 Å². The van der Waals surface area contributed by atoms with Crippen molar-refractivity contribution in [3.8, 4) is 11.5 Å². The molecule has 10 heteroatoms. The van der Waals surface area contributed by atoms with Crippen molar-refractivity contribution < 1.29 is 14.3 Å². The summed E-state index contributed by atoms with van der Waals surface area (Å²) in [7, 11) is 5.29. The molecule has 0 saturated carbocycles. The third-order valence-corrected chi connectivity index (χ3v) is 7.05. The number of rotatable bonds is 9. The highest BCUT2D eigenvalue weighted by molar-refractivity contribution is 7.56. The number of carbonyl (C=O) groups excluding carboxylic acids is 1. The number of ether oxygens (including phenoxy) is 2. The topological polar surface area (TPSA) is 109 Å². The molecule has 2 aromatic carbocycles. The third-order valence-electron chi connectivity index (χ3n) is 4.79. The van der Waals surface area contributed by atoms with Crippen LogP contribution >= 0.6 is 19.9 Å². The van der Waals surface area contributed by atoms with Crippen LogP contribution in [-0.4, -0.2) is 48.9 Å². The summed E-state index contributed by atoms with van der Waals surface area (Å²) in [6, 6.07) is 10.7. The Morgan fingerprint density at radius 1 is 1.19 bits per heavy atom. The Bertz CT molecular complexity index is 1070. The molecule has 3 aromatic rings. The molecule has 32 heavy (non-hydrogen) atoms. The summed E-state index contributed by atoms with van der Waals surface area (Å²) >= 11 is 1.56. The number of amides is 2. The van der Waals surface area contributed by atoms with Crippen molar-refractivity contribution in [3.05, 3.63) is 58.6 Å². The first-order chi connectivity index (χ1) is 15.4. The molecule has 3 rings (SSSR count). The lowest BCUT2D eigenvalue weighted by molar-refractivity contribution is 0.254. The summed E-state index contributed by atoms with van der Waals surface area (Å²) in [5, 5.41) is 22.2. The number of urea groups is 1. The molecule has 0 radical (unpaired) electrons. The lowest BCUT2D eigenvalue weighted by atomic mass is 9.94. The van der Waals surface area contributed by atoms with Gasteiger partial charge in [-0.1, -0.05) is 27.6 Å². The molecule has 0 bridgehead atoms. The van der Waals surface area contributed by atoms with Crippen LogP contribution in [0.4, 0.5) is 10.5 Å². The number of methoxy groups -OCH3 is 2. The van der Waals surface area contributed by atoms with Crippen LogP contribution in [0.25, 0.3) is 0 Å². The molecule has 2 atom stereocenters. The molecule has 2 unspecified atom stereocenters. The van der Waals surface area contributed by atoms with E-state index in [0.29, 0.717) is 37.1 Å². The number of carbonyl (C=O) groups is 1. The molecule has 3 N–H and O–H groups in total. The van der Waals surface area contributed by atoms with Gasteiger partial charge in [0.1, 0.15) is 10.3 Å². The number of benzene rings is 2. The van der Waals surface area contributed by atoms with E-state index in [0.717, 1.165) is 27.9 Å². The third kappa shape index (κ3) is 5.81. The minimum absolute atomic E-state index is 0.291. The van der Waals surface area contributed by atoms with E-state index in [1.54, 1.807) is 50.2 Å². The number of nitrogens with zero attached hydrogens (tertiary/aromatic N) is 2. The van der Waals surface area contributed by atoms with Crippen LogP contribution in [-0.2, 0) is 6.42 Å². The second kappa shape index (κ2) is 11.0.